The average Bonchev–Trinajstić information content (AvgIpc) is 2.37. The highest BCUT2D eigenvalue weighted by Crippen LogP contribution is 2.32. The van der Waals surface area contributed by atoms with E-state index < -0.39 is 28.9 Å². The minimum Gasteiger partial charge on any atom is -0.466 e. The maximum Gasteiger partial charge on any atom is 0.387 e. The lowest BCUT2D eigenvalue weighted by Gasteiger charge is -2.13. The lowest BCUT2D eigenvalue weighted by molar-refractivity contribution is -0.385. The summed E-state index contributed by atoms with van der Waals surface area (Å²) in [5.41, 5.74) is -0.261. The normalized spacial score (nSPS) is 10.5. The van der Waals surface area contributed by atoms with E-state index in [9.17, 15) is 23.7 Å². The van der Waals surface area contributed by atoms with Crippen LogP contribution in [0.2, 0.25) is 0 Å². The molecule has 6 nitrogen and oxygen atoms in total. The topological polar surface area (TPSA) is 78.7 Å². The third-order valence-electron chi connectivity index (χ3n) is 2.49. The molecule has 0 saturated carbocycles. The van der Waals surface area contributed by atoms with Gasteiger partial charge in [0.25, 0.3) is 5.69 Å². The molecule has 0 fully saturated rings. The third-order valence-corrected chi connectivity index (χ3v) is 2.75. The van der Waals surface area contributed by atoms with Crippen LogP contribution in [0.1, 0.15) is 18.1 Å². The molecular formula is C12H12ClF2NO5. The molecule has 0 bridgehead atoms. The maximum atomic E-state index is 12.4. The summed E-state index contributed by atoms with van der Waals surface area (Å²) in [7, 11) is 0. The van der Waals surface area contributed by atoms with Crippen LogP contribution in [0.3, 0.4) is 0 Å². The number of ether oxygens (including phenoxy) is 2. The zero-order chi connectivity index (χ0) is 16.0. The van der Waals surface area contributed by atoms with Crippen molar-refractivity contribution in [1.82, 2.24) is 0 Å². The van der Waals surface area contributed by atoms with E-state index in [0.29, 0.717) is 0 Å². The first kappa shape index (κ1) is 17.1. The molecule has 0 amide bonds. The van der Waals surface area contributed by atoms with Gasteiger partial charge in [-0.05, 0) is 12.5 Å². The number of nitro benzene ring substituents is 1. The summed E-state index contributed by atoms with van der Waals surface area (Å²) in [5, 5.41) is 10.8. The lowest BCUT2D eigenvalue weighted by Crippen LogP contribution is -2.12. The third kappa shape index (κ3) is 4.82. The van der Waals surface area contributed by atoms with Crippen LogP contribution in [0.15, 0.2) is 12.1 Å². The van der Waals surface area contributed by atoms with Gasteiger partial charge in [0.05, 0.1) is 29.9 Å². The number of hydrogen-bond donors (Lipinski definition) is 0. The summed E-state index contributed by atoms with van der Waals surface area (Å²) in [4.78, 5) is 21.5. The van der Waals surface area contributed by atoms with Gasteiger partial charge in [0.1, 0.15) is 5.75 Å². The van der Waals surface area contributed by atoms with Gasteiger partial charge in [-0.1, -0.05) is 0 Å². The molecule has 0 saturated heterocycles. The number of esters is 1. The van der Waals surface area contributed by atoms with Gasteiger partial charge in [-0.25, -0.2) is 0 Å². The smallest absolute Gasteiger partial charge is 0.387 e. The minimum absolute atomic E-state index is 0.0932. The fourth-order valence-corrected chi connectivity index (χ4v) is 1.97. The van der Waals surface area contributed by atoms with Gasteiger partial charge >= 0.3 is 12.6 Å². The molecule has 0 aromatic heterocycles. The molecule has 0 radical (unpaired) electrons. The number of alkyl halides is 3. The van der Waals surface area contributed by atoms with Crippen molar-refractivity contribution in [2.75, 3.05) is 6.61 Å². The van der Waals surface area contributed by atoms with E-state index in [0.717, 1.165) is 12.1 Å². The summed E-state index contributed by atoms with van der Waals surface area (Å²) in [6, 6.07) is 1.94. The number of carbonyl (C=O) groups excluding carboxylic acids is 1. The van der Waals surface area contributed by atoms with Crippen LogP contribution in [-0.2, 0) is 21.8 Å². The van der Waals surface area contributed by atoms with Crippen molar-refractivity contribution < 1.29 is 28.0 Å². The highest BCUT2D eigenvalue weighted by Gasteiger charge is 2.21. The molecule has 0 aliphatic carbocycles. The Morgan fingerprint density at radius 3 is 2.62 bits per heavy atom. The van der Waals surface area contributed by atoms with Crippen molar-refractivity contribution in [3.63, 3.8) is 0 Å². The number of benzene rings is 1. The van der Waals surface area contributed by atoms with Gasteiger partial charge in [-0.15, -0.1) is 11.6 Å². The first-order valence-electron chi connectivity index (χ1n) is 5.85. The number of nitro groups is 1. The Kier molecular flexibility index (Phi) is 6.29. The molecule has 0 aliphatic heterocycles. The number of rotatable bonds is 7. The van der Waals surface area contributed by atoms with Crippen molar-refractivity contribution in [2.45, 2.75) is 25.8 Å². The van der Waals surface area contributed by atoms with Crippen LogP contribution in [-0.4, -0.2) is 24.1 Å². The SMILES string of the molecule is CCOC(=O)Cc1cc([N+](=O)[O-])cc(OC(F)F)c1CCl. The Balaban J connectivity index is 3.27. The standard InChI is InChI=1S/C12H12ClF2NO5/c1-2-20-11(17)4-7-3-8(16(18)19)5-10(9(7)6-13)21-12(14)15/h3,5,12H,2,4,6H2,1H3. The zero-order valence-corrected chi connectivity index (χ0v) is 11.7. The Bertz CT molecular complexity index is 539. The zero-order valence-electron chi connectivity index (χ0n) is 11.0. The fraction of sp³-hybridized carbons (Fsp3) is 0.417. The monoisotopic (exact) mass is 323 g/mol. The largest absolute Gasteiger partial charge is 0.466 e. The average molecular weight is 324 g/mol. The Morgan fingerprint density at radius 1 is 1.48 bits per heavy atom. The van der Waals surface area contributed by atoms with Crippen LogP contribution >= 0.6 is 11.6 Å². The van der Waals surface area contributed by atoms with Crippen LogP contribution in [0.5, 0.6) is 5.75 Å². The van der Waals surface area contributed by atoms with E-state index in [1.807, 2.05) is 0 Å². The van der Waals surface area contributed by atoms with Crippen molar-refractivity contribution >= 4 is 23.3 Å². The molecule has 116 valence electrons. The molecule has 0 N–H and O–H groups in total. The van der Waals surface area contributed by atoms with E-state index in [1.54, 1.807) is 6.92 Å². The van der Waals surface area contributed by atoms with E-state index in [-0.39, 0.29) is 30.0 Å². The van der Waals surface area contributed by atoms with Gasteiger partial charge in [-0.3, -0.25) is 14.9 Å². The first-order valence-corrected chi connectivity index (χ1v) is 6.39. The highest BCUT2D eigenvalue weighted by atomic mass is 35.5. The quantitative estimate of drug-likeness (QED) is 0.333. The number of nitrogens with zero attached hydrogens (tertiary/aromatic N) is 1. The maximum absolute atomic E-state index is 12.4. The molecule has 0 unspecified atom stereocenters. The predicted molar refractivity (Wildman–Crippen MR) is 69.6 cm³/mol. The van der Waals surface area contributed by atoms with E-state index in [1.165, 1.54) is 0 Å². The highest BCUT2D eigenvalue weighted by molar-refractivity contribution is 6.17. The lowest BCUT2D eigenvalue weighted by atomic mass is 10.0. The summed E-state index contributed by atoms with van der Waals surface area (Å²) in [6.07, 6.45) is -0.322. The number of hydrogen-bond acceptors (Lipinski definition) is 5. The van der Waals surface area contributed by atoms with Crippen molar-refractivity contribution in [3.05, 3.63) is 33.4 Å². The van der Waals surface area contributed by atoms with Gasteiger partial charge in [-0.2, -0.15) is 8.78 Å². The Morgan fingerprint density at radius 2 is 2.14 bits per heavy atom. The van der Waals surface area contributed by atoms with Gasteiger partial charge < -0.3 is 9.47 Å². The molecule has 1 rings (SSSR count). The second-order valence-corrected chi connectivity index (χ2v) is 4.10. The van der Waals surface area contributed by atoms with E-state index in [4.69, 9.17) is 16.3 Å². The molecular weight excluding hydrogens is 312 g/mol. The van der Waals surface area contributed by atoms with Crippen LogP contribution in [0.25, 0.3) is 0 Å². The molecule has 1 aromatic carbocycles. The molecule has 0 spiro atoms. The number of non-ortho nitro benzene ring substituents is 1. The summed E-state index contributed by atoms with van der Waals surface area (Å²) in [6.45, 7) is -1.44. The van der Waals surface area contributed by atoms with Crippen molar-refractivity contribution in [1.29, 1.82) is 0 Å². The Hall–Kier alpha value is -1.96. The predicted octanol–water partition coefficient (Wildman–Crippen LogP) is 3.04. The van der Waals surface area contributed by atoms with Crippen LogP contribution in [0.4, 0.5) is 14.5 Å². The molecule has 1 aromatic rings. The summed E-state index contributed by atoms with van der Waals surface area (Å²) < 4.78 is 33.7. The number of halogens is 3. The van der Waals surface area contributed by atoms with Crippen molar-refractivity contribution in [2.24, 2.45) is 0 Å². The van der Waals surface area contributed by atoms with Gasteiger partial charge in [0.2, 0.25) is 0 Å². The number of carbonyl (C=O) groups is 1. The molecule has 0 aliphatic rings. The minimum atomic E-state index is -3.16. The van der Waals surface area contributed by atoms with Crippen LogP contribution < -0.4 is 4.74 Å². The second kappa shape index (κ2) is 7.72. The molecule has 9 heteroatoms. The van der Waals surface area contributed by atoms with Crippen LogP contribution in [0, 0.1) is 10.1 Å². The van der Waals surface area contributed by atoms with Gasteiger partial charge in [0, 0.05) is 11.6 Å². The second-order valence-electron chi connectivity index (χ2n) is 3.83. The Labute approximate surface area is 123 Å². The van der Waals surface area contributed by atoms with E-state index >= 15 is 0 Å². The summed E-state index contributed by atoms with van der Waals surface area (Å²) in [5.74, 6) is -1.31. The van der Waals surface area contributed by atoms with E-state index in [2.05, 4.69) is 4.74 Å². The van der Waals surface area contributed by atoms with Crippen molar-refractivity contribution in [3.8, 4) is 5.75 Å². The summed E-state index contributed by atoms with van der Waals surface area (Å²) >= 11 is 5.67. The molecule has 21 heavy (non-hydrogen) atoms. The van der Waals surface area contributed by atoms with Gasteiger partial charge in [0.15, 0.2) is 0 Å². The fourth-order valence-electron chi connectivity index (χ4n) is 1.67. The first-order chi connectivity index (χ1) is 9.88. The molecule has 0 atom stereocenters. The molecule has 0 heterocycles.